The standard InChI is InChI=1S/C21H22O2/c1-15-9-11-16(12-10-15)21-20(19-8-4-5-13-22-19)18-7-3-2-6-17(18)14-23-21/h2-3,6-7,9-12,19H,4-5,8,13-14H2,1H3. The van der Waals surface area contributed by atoms with Gasteiger partial charge in [-0.3, -0.25) is 0 Å². The zero-order chi connectivity index (χ0) is 15.6. The van der Waals surface area contributed by atoms with E-state index in [0.717, 1.165) is 30.8 Å². The van der Waals surface area contributed by atoms with Crippen molar-refractivity contribution in [3.63, 3.8) is 0 Å². The molecule has 1 atom stereocenters. The van der Waals surface area contributed by atoms with Crippen LogP contribution in [0.2, 0.25) is 0 Å². The van der Waals surface area contributed by atoms with E-state index in [9.17, 15) is 0 Å². The van der Waals surface area contributed by atoms with Gasteiger partial charge in [-0.05, 0) is 37.3 Å². The van der Waals surface area contributed by atoms with Crippen molar-refractivity contribution in [2.45, 2.75) is 38.9 Å². The van der Waals surface area contributed by atoms with Gasteiger partial charge in [-0.2, -0.15) is 0 Å². The summed E-state index contributed by atoms with van der Waals surface area (Å²) in [6.45, 7) is 3.59. The smallest absolute Gasteiger partial charge is 0.133 e. The number of benzene rings is 2. The molecule has 2 heteroatoms. The van der Waals surface area contributed by atoms with Crippen LogP contribution in [0, 0.1) is 6.92 Å². The Hall–Kier alpha value is -2.06. The molecule has 118 valence electrons. The van der Waals surface area contributed by atoms with Crippen molar-refractivity contribution in [1.82, 2.24) is 0 Å². The first-order chi connectivity index (χ1) is 11.3. The van der Waals surface area contributed by atoms with Gasteiger partial charge in [-0.1, -0.05) is 54.1 Å². The summed E-state index contributed by atoms with van der Waals surface area (Å²) in [5, 5.41) is 0. The lowest BCUT2D eigenvalue weighted by Gasteiger charge is -2.31. The lowest BCUT2D eigenvalue weighted by atomic mass is 9.88. The fraction of sp³-hybridized carbons (Fsp3) is 0.333. The molecule has 2 heterocycles. The Balaban J connectivity index is 1.86. The van der Waals surface area contributed by atoms with Gasteiger partial charge in [0.05, 0.1) is 6.10 Å². The Morgan fingerprint density at radius 1 is 0.957 bits per heavy atom. The maximum absolute atomic E-state index is 6.20. The molecule has 2 aromatic carbocycles. The highest BCUT2D eigenvalue weighted by Crippen LogP contribution is 2.40. The van der Waals surface area contributed by atoms with E-state index < -0.39 is 0 Å². The Bertz CT molecular complexity index is 722. The van der Waals surface area contributed by atoms with Crippen LogP contribution in [-0.2, 0) is 16.1 Å². The van der Waals surface area contributed by atoms with E-state index in [0.29, 0.717) is 6.61 Å². The number of hydrogen-bond donors (Lipinski definition) is 0. The SMILES string of the molecule is Cc1ccc(C2=C(C3CCCCO3)c3ccccc3CO2)cc1. The zero-order valence-electron chi connectivity index (χ0n) is 13.5. The van der Waals surface area contributed by atoms with Crippen LogP contribution >= 0.6 is 0 Å². The highest BCUT2D eigenvalue weighted by Gasteiger charge is 2.29. The molecule has 0 N–H and O–H groups in total. The number of aryl methyl sites for hydroxylation is 1. The molecule has 2 aromatic rings. The molecular weight excluding hydrogens is 284 g/mol. The van der Waals surface area contributed by atoms with Gasteiger partial charge in [-0.25, -0.2) is 0 Å². The van der Waals surface area contributed by atoms with E-state index in [4.69, 9.17) is 9.47 Å². The molecule has 0 amide bonds. The number of fused-ring (bicyclic) bond motifs is 1. The third kappa shape index (κ3) is 2.79. The van der Waals surface area contributed by atoms with Crippen LogP contribution in [0.1, 0.15) is 41.5 Å². The third-order valence-corrected chi connectivity index (χ3v) is 4.74. The monoisotopic (exact) mass is 306 g/mol. The summed E-state index contributed by atoms with van der Waals surface area (Å²) in [6, 6.07) is 17.2. The summed E-state index contributed by atoms with van der Waals surface area (Å²) in [4.78, 5) is 0. The quantitative estimate of drug-likeness (QED) is 0.780. The molecule has 1 fully saturated rings. The second-order valence-corrected chi connectivity index (χ2v) is 6.41. The van der Waals surface area contributed by atoms with Gasteiger partial charge in [0.2, 0.25) is 0 Å². The first kappa shape index (κ1) is 14.5. The third-order valence-electron chi connectivity index (χ3n) is 4.74. The summed E-state index contributed by atoms with van der Waals surface area (Å²) >= 11 is 0. The molecule has 4 rings (SSSR count). The molecule has 0 aromatic heterocycles. The molecule has 2 aliphatic rings. The molecule has 0 aliphatic carbocycles. The van der Waals surface area contributed by atoms with Crippen LogP contribution in [0.4, 0.5) is 0 Å². The summed E-state index contributed by atoms with van der Waals surface area (Å²) in [6.07, 6.45) is 3.59. The van der Waals surface area contributed by atoms with Gasteiger partial charge in [0.25, 0.3) is 0 Å². The van der Waals surface area contributed by atoms with Crippen LogP contribution in [0.3, 0.4) is 0 Å². The molecule has 0 spiro atoms. The average molecular weight is 306 g/mol. The molecule has 0 saturated carbocycles. The topological polar surface area (TPSA) is 18.5 Å². The van der Waals surface area contributed by atoms with E-state index in [2.05, 4.69) is 55.5 Å². The molecule has 1 saturated heterocycles. The summed E-state index contributed by atoms with van der Waals surface area (Å²) in [5.41, 5.74) is 6.19. The van der Waals surface area contributed by atoms with Gasteiger partial charge in [-0.15, -0.1) is 0 Å². The van der Waals surface area contributed by atoms with Crippen LogP contribution in [0.5, 0.6) is 0 Å². The van der Waals surface area contributed by atoms with Crippen molar-refractivity contribution in [3.8, 4) is 0 Å². The van der Waals surface area contributed by atoms with Gasteiger partial charge in [0, 0.05) is 17.7 Å². The van der Waals surface area contributed by atoms with Crippen molar-refractivity contribution in [3.05, 3.63) is 70.8 Å². The Kier molecular flexibility index (Phi) is 3.92. The summed E-state index contributed by atoms with van der Waals surface area (Å²) in [5.74, 6) is 0.996. The van der Waals surface area contributed by atoms with Crippen LogP contribution in [0.15, 0.2) is 48.5 Å². The second kappa shape index (κ2) is 6.21. The normalized spacial score (nSPS) is 20.8. The minimum absolute atomic E-state index is 0.140. The minimum atomic E-state index is 0.140. The van der Waals surface area contributed by atoms with Gasteiger partial charge in [0.1, 0.15) is 12.4 Å². The van der Waals surface area contributed by atoms with Crippen molar-refractivity contribution in [1.29, 1.82) is 0 Å². The van der Waals surface area contributed by atoms with E-state index in [1.165, 1.54) is 28.7 Å². The first-order valence-corrected chi connectivity index (χ1v) is 8.47. The molecule has 0 radical (unpaired) electrons. The predicted octanol–water partition coefficient (Wildman–Crippen LogP) is 4.96. The number of hydrogen-bond acceptors (Lipinski definition) is 2. The van der Waals surface area contributed by atoms with E-state index >= 15 is 0 Å². The first-order valence-electron chi connectivity index (χ1n) is 8.47. The van der Waals surface area contributed by atoms with Crippen molar-refractivity contribution >= 4 is 11.3 Å². The Morgan fingerprint density at radius 2 is 1.78 bits per heavy atom. The Labute approximate surface area is 137 Å². The number of ether oxygens (including phenoxy) is 2. The van der Waals surface area contributed by atoms with Gasteiger partial charge >= 0.3 is 0 Å². The maximum atomic E-state index is 6.20. The van der Waals surface area contributed by atoms with Crippen molar-refractivity contribution in [2.75, 3.05) is 6.61 Å². The van der Waals surface area contributed by atoms with E-state index in [-0.39, 0.29) is 6.10 Å². The maximum Gasteiger partial charge on any atom is 0.133 e. The lowest BCUT2D eigenvalue weighted by molar-refractivity contribution is 0.0513. The molecule has 2 aliphatic heterocycles. The van der Waals surface area contributed by atoms with Crippen molar-refractivity contribution < 1.29 is 9.47 Å². The van der Waals surface area contributed by atoms with Gasteiger partial charge in [0.15, 0.2) is 0 Å². The fourth-order valence-corrected chi connectivity index (χ4v) is 3.49. The minimum Gasteiger partial charge on any atom is -0.488 e. The predicted molar refractivity (Wildman–Crippen MR) is 92.8 cm³/mol. The molecule has 23 heavy (non-hydrogen) atoms. The summed E-state index contributed by atoms with van der Waals surface area (Å²) < 4.78 is 12.3. The molecule has 2 nitrogen and oxygen atoms in total. The fourth-order valence-electron chi connectivity index (χ4n) is 3.49. The highest BCUT2D eigenvalue weighted by molar-refractivity contribution is 5.91. The number of rotatable bonds is 2. The second-order valence-electron chi connectivity index (χ2n) is 6.41. The van der Waals surface area contributed by atoms with Gasteiger partial charge < -0.3 is 9.47 Å². The van der Waals surface area contributed by atoms with Crippen LogP contribution < -0.4 is 0 Å². The average Bonchev–Trinajstić information content (AvgIpc) is 2.62. The molecule has 1 unspecified atom stereocenters. The lowest BCUT2D eigenvalue weighted by Crippen LogP contribution is -2.24. The van der Waals surface area contributed by atoms with E-state index in [1.807, 2.05) is 0 Å². The van der Waals surface area contributed by atoms with Crippen molar-refractivity contribution in [2.24, 2.45) is 0 Å². The summed E-state index contributed by atoms with van der Waals surface area (Å²) in [7, 11) is 0. The van der Waals surface area contributed by atoms with Crippen LogP contribution in [-0.4, -0.2) is 12.7 Å². The van der Waals surface area contributed by atoms with Crippen LogP contribution in [0.25, 0.3) is 11.3 Å². The largest absolute Gasteiger partial charge is 0.488 e. The molecule has 0 bridgehead atoms. The van der Waals surface area contributed by atoms with E-state index in [1.54, 1.807) is 0 Å². The molecular formula is C21H22O2. The zero-order valence-corrected chi connectivity index (χ0v) is 13.5. The highest BCUT2D eigenvalue weighted by atomic mass is 16.5. The Morgan fingerprint density at radius 3 is 2.57 bits per heavy atom.